The minimum atomic E-state index is -4.43. The number of fused-ring (bicyclic) bond motifs is 1. The highest BCUT2D eigenvalue weighted by molar-refractivity contribution is 5.98. The topological polar surface area (TPSA) is 56.6 Å². The average molecular weight is 471 g/mol. The van der Waals surface area contributed by atoms with E-state index >= 15 is 0 Å². The van der Waals surface area contributed by atoms with E-state index in [-0.39, 0.29) is 11.9 Å². The largest absolute Gasteiger partial charge is 0.494 e. The van der Waals surface area contributed by atoms with Crippen molar-refractivity contribution in [2.75, 3.05) is 20.3 Å². The van der Waals surface area contributed by atoms with Gasteiger partial charge in [0.25, 0.3) is 5.91 Å². The Balaban J connectivity index is 1.61. The van der Waals surface area contributed by atoms with Crippen LogP contribution in [0.15, 0.2) is 48.7 Å². The lowest BCUT2D eigenvalue weighted by atomic mass is 9.97. The summed E-state index contributed by atoms with van der Waals surface area (Å²) in [6, 6.07) is 10.1. The summed E-state index contributed by atoms with van der Waals surface area (Å²) in [6.45, 7) is 3.02. The van der Waals surface area contributed by atoms with Crippen LogP contribution in [0.5, 0.6) is 5.75 Å². The van der Waals surface area contributed by atoms with Crippen molar-refractivity contribution >= 4 is 5.91 Å². The van der Waals surface area contributed by atoms with Crippen molar-refractivity contribution in [1.29, 1.82) is 0 Å². The van der Waals surface area contributed by atoms with E-state index in [0.717, 1.165) is 17.7 Å². The Morgan fingerprint density at radius 3 is 2.44 bits per heavy atom. The summed E-state index contributed by atoms with van der Waals surface area (Å²) < 4.78 is 52.0. The Labute approximate surface area is 194 Å². The fourth-order valence-electron chi connectivity index (χ4n) is 4.78. The molecular weight excluding hydrogens is 447 g/mol. The predicted molar refractivity (Wildman–Crippen MR) is 118 cm³/mol. The molecule has 178 valence electrons. The summed E-state index contributed by atoms with van der Waals surface area (Å²) in [6.07, 6.45) is -1.31. The molecule has 1 aromatic heterocycles. The number of nitrogens with zero attached hydrogens (tertiary/aromatic N) is 3. The first-order valence-corrected chi connectivity index (χ1v) is 11.1. The van der Waals surface area contributed by atoms with Gasteiger partial charge in [0.1, 0.15) is 11.4 Å². The fourth-order valence-corrected chi connectivity index (χ4v) is 4.78. The minimum Gasteiger partial charge on any atom is -0.494 e. The average Bonchev–Trinajstić information content (AvgIpc) is 3.37. The molecule has 9 heteroatoms. The third kappa shape index (κ3) is 3.83. The number of rotatable bonds is 4. The van der Waals surface area contributed by atoms with Gasteiger partial charge >= 0.3 is 6.18 Å². The lowest BCUT2D eigenvalue weighted by Crippen LogP contribution is -2.42. The van der Waals surface area contributed by atoms with E-state index in [1.54, 1.807) is 22.9 Å². The van der Waals surface area contributed by atoms with E-state index in [0.29, 0.717) is 54.3 Å². The molecule has 1 fully saturated rings. The van der Waals surface area contributed by atoms with Crippen molar-refractivity contribution in [2.45, 2.75) is 38.0 Å². The molecule has 3 aromatic rings. The molecule has 2 aliphatic heterocycles. The summed E-state index contributed by atoms with van der Waals surface area (Å²) in [4.78, 5) is 15.3. The summed E-state index contributed by atoms with van der Waals surface area (Å²) in [5.74, 6) is 0.378. The summed E-state index contributed by atoms with van der Waals surface area (Å²) >= 11 is 0. The number of halogens is 3. The van der Waals surface area contributed by atoms with Crippen LogP contribution in [-0.2, 0) is 10.9 Å². The van der Waals surface area contributed by atoms with Crippen molar-refractivity contribution in [2.24, 2.45) is 0 Å². The lowest BCUT2D eigenvalue weighted by molar-refractivity contribution is -0.137. The highest BCUT2D eigenvalue weighted by atomic mass is 19.4. The number of hydrogen-bond acceptors (Lipinski definition) is 4. The number of aryl methyl sites for hydroxylation is 1. The summed E-state index contributed by atoms with van der Waals surface area (Å²) in [7, 11) is 1.56. The zero-order valence-electron chi connectivity index (χ0n) is 18.8. The monoisotopic (exact) mass is 471 g/mol. The first-order valence-electron chi connectivity index (χ1n) is 11.1. The third-order valence-corrected chi connectivity index (χ3v) is 6.47. The van der Waals surface area contributed by atoms with Gasteiger partial charge in [0, 0.05) is 31.0 Å². The first-order chi connectivity index (χ1) is 16.3. The number of aromatic nitrogens is 2. The standard InChI is InChI=1S/C25H24F3N3O3/c1-15-3-8-21(33-2)20(13-15)30-14-19-22(29-30)24(32)31(18-9-11-34-12-10-18)23(19)16-4-6-17(7-5-16)25(26,27)28/h3-8,13-14,18,23H,9-12H2,1-2H3. The number of hydrogen-bond donors (Lipinski definition) is 0. The molecule has 5 rings (SSSR count). The van der Waals surface area contributed by atoms with Gasteiger partial charge in [-0.25, -0.2) is 4.68 Å². The number of carbonyl (C=O) groups excluding carboxylic acids is 1. The van der Waals surface area contributed by atoms with Crippen LogP contribution in [0.4, 0.5) is 13.2 Å². The molecule has 3 heterocycles. The van der Waals surface area contributed by atoms with E-state index in [9.17, 15) is 18.0 Å². The predicted octanol–water partition coefficient (Wildman–Crippen LogP) is 4.93. The Morgan fingerprint density at radius 1 is 1.09 bits per heavy atom. The molecule has 0 spiro atoms. The molecule has 2 aliphatic rings. The van der Waals surface area contributed by atoms with Crippen LogP contribution in [0.2, 0.25) is 0 Å². The van der Waals surface area contributed by atoms with Crippen LogP contribution in [-0.4, -0.2) is 47.0 Å². The van der Waals surface area contributed by atoms with E-state index in [2.05, 4.69) is 5.10 Å². The Hall–Kier alpha value is -3.33. The normalized spacial score (nSPS) is 18.9. The molecule has 1 unspecified atom stereocenters. The van der Waals surface area contributed by atoms with E-state index < -0.39 is 17.8 Å². The van der Waals surface area contributed by atoms with Gasteiger partial charge in [-0.2, -0.15) is 18.3 Å². The maximum Gasteiger partial charge on any atom is 0.416 e. The highest BCUT2D eigenvalue weighted by Gasteiger charge is 2.45. The molecule has 34 heavy (non-hydrogen) atoms. The number of carbonyl (C=O) groups is 1. The Bertz CT molecular complexity index is 1210. The second-order valence-electron chi connectivity index (χ2n) is 8.63. The maximum atomic E-state index is 13.6. The molecule has 0 bridgehead atoms. The quantitative estimate of drug-likeness (QED) is 0.541. The van der Waals surface area contributed by atoms with Crippen LogP contribution in [0, 0.1) is 6.92 Å². The van der Waals surface area contributed by atoms with Gasteiger partial charge in [-0.05, 0) is 55.2 Å². The van der Waals surface area contributed by atoms with E-state index in [1.807, 2.05) is 25.1 Å². The highest BCUT2D eigenvalue weighted by Crippen LogP contribution is 2.42. The molecular formula is C25H24F3N3O3. The van der Waals surface area contributed by atoms with Gasteiger partial charge in [-0.15, -0.1) is 0 Å². The first kappa shape index (κ1) is 22.5. The van der Waals surface area contributed by atoms with Crippen LogP contribution >= 0.6 is 0 Å². The number of methoxy groups -OCH3 is 1. The van der Waals surface area contributed by atoms with Crippen LogP contribution < -0.4 is 4.74 Å². The molecule has 2 aromatic carbocycles. The van der Waals surface area contributed by atoms with Crippen molar-refractivity contribution in [1.82, 2.24) is 14.7 Å². The van der Waals surface area contributed by atoms with Gasteiger partial charge in [0.05, 0.1) is 18.7 Å². The number of ether oxygens (including phenoxy) is 2. The van der Waals surface area contributed by atoms with Gasteiger partial charge in [-0.3, -0.25) is 4.79 Å². The van der Waals surface area contributed by atoms with Crippen molar-refractivity contribution in [3.8, 4) is 11.4 Å². The summed E-state index contributed by atoms with van der Waals surface area (Å²) in [5.41, 5.74) is 2.55. The second kappa shape index (κ2) is 8.47. The van der Waals surface area contributed by atoms with Crippen LogP contribution in [0.1, 0.15) is 51.6 Å². The third-order valence-electron chi connectivity index (χ3n) is 6.47. The molecule has 0 radical (unpaired) electrons. The second-order valence-corrected chi connectivity index (χ2v) is 8.63. The van der Waals surface area contributed by atoms with Gasteiger partial charge in [0.2, 0.25) is 0 Å². The van der Waals surface area contributed by atoms with E-state index in [1.165, 1.54) is 12.1 Å². The molecule has 0 saturated carbocycles. The number of amides is 1. The SMILES string of the molecule is COc1ccc(C)cc1-n1cc2c(n1)C(=O)N(C1CCOCC1)C2c1ccc(C(F)(F)F)cc1. The van der Waals surface area contributed by atoms with Crippen molar-refractivity contribution in [3.63, 3.8) is 0 Å². The fraction of sp³-hybridized carbons (Fsp3) is 0.360. The van der Waals surface area contributed by atoms with Gasteiger partial charge in [0.15, 0.2) is 5.69 Å². The van der Waals surface area contributed by atoms with Crippen LogP contribution in [0.3, 0.4) is 0 Å². The molecule has 1 saturated heterocycles. The minimum absolute atomic E-state index is 0.0790. The molecule has 0 aliphatic carbocycles. The molecule has 6 nitrogen and oxygen atoms in total. The van der Waals surface area contributed by atoms with Crippen LogP contribution in [0.25, 0.3) is 5.69 Å². The summed E-state index contributed by atoms with van der Waals surface area (Å²) in [5, 5.41) is 4.60. The zero-order valence-corrected chi connectivity index (χ0v) is 18.8. The zero-order chi connectivity index (χ0) is 24.0. The molecule has 0 N–H and O–H groups in total. The Morgan fingerprint density at radius 2 is 1.79 bits per heavy atom. The van der Waals surface area contributed by atoms with Crippen molar-refractivity contribution < 1.29 is 27.4 Å². The molecule has 1 amide bonds. The Kier molecular flexibility index (Phi) is 5.59. The molecule has 1 atom stereocenters. The van der Waals surface area contributed by atoms with Gasteiger partial charge in [-0.1, -0.05) is 18.2 Å². The van der Waals surface area contributed by atoms with Gasteiger partial charge < -0.3 is 14.4 Å². The smallest absolute Gasteiger partial charge is 0.416 e. The van der Waals surface area contributed by atoms with Crippen molar-refractivity contribution in [3.05, 3.63) is 76.6 Å². The lowest BCUT2D eigenvalue weighted by Gasteiger charge is -2.36. The maximum absolute atomic E-state index is 13.6. The number of benzene rings is 2. The van der Waals surface area contributed by atoms with E-state index in [4.69, 9.17) is 9.47 Å². The number of alkyl halides is 3.